The smallest absolute Gasteiger partial charge is 0.0387 e. The van der Waals surface area contributed by atoms with Crippen LogP contribution in [0.4, 0.5) is 0 Å². The molecule has 0 saturated heterocycles. The first-order valence-corrected chi connectivity index (χ1v) is 5.66. The standard InChI is InChI=1S/C12H19NS/c1-9-6-11(3)12(7-10(9)2)4-5-13-8-14/h6-7,13-14H,4-5,8H2,1-3H3. The third-order valence-corrected chi connectivity index (χ3v) is 2.86. The molecule has 1 nitrogen and oxygen atoms in total. The van der Waals surface area contributed by atoms with Gasteiger partial charge in [0.15, 0.2) is 0 Å². The quantitative estimate of drug-likeness (QED) is 0.441. The molecule has 0 heterocycles. The Balaban J connectivity index is 2.72. The van der Waals surface area contributed by atoms with Crippen molar-refractivity contribution in [2.45, 2.75) is 27.2 Å². The van der Waals surface area contributed by atoms with E-state index in [-0.39, 0.29) is 0 Å². The molecule has 2 heteroatoms. The predicted molar refractivity (Wildman–Crippen MR) is 66.2 cm³/mol. The molecular formula is C12H19NS. The minimum atomic E-state index is 0.754. The molecular weight excluding hydrogens is 190 g/mol. The maximum absolute atomic E-state index is 4.12. The SMILES string of the molecule is Cc1cc(C)c(CCNCS)cc1C. The molecule has 0 saturated carbocycles. The van der Waals surface area contributed by atoms with Gasteiger partial charge in [-0.2, -0.15) is 12.6 Å². The van der Waals surface area contributed by atoms with Gasteiger partial charge in [-0.25, -0.2) is 0 Å². The molecule has 0 aliphatic carbocycles. The molecule has 1 N–H and O–H groups in total. The number of thiol groups is 1. The predicted octanol–water partition coefficient (Wildman–Crippen LogP) is 2.63. The van der Waals surface area contributed by atoms with Gasteiger partial charge >= 0.3 is 0 Å². The summed E-state index contributed by atoms with van der Waals surface area (Å²) in [5, 5.41) is 3.22. The van der Waals surface area contributed by atoms with Gasteiger partial charge in [0.2, 0.25) is 0 Å². The van der Waals surface area contributed by atoms with E-state index in [4.69, 9.17) is 0 Å². The molecule has 0 aromatic heterocycles. The van der Waals surface area contributed by atoms with Crippen molar-refractivity contribution in [1.82, 2.24) is 5.32 Å². The molecule has 0 atom stereocenters. The summed E-state index contributed by atoms with van der Waals surface area (Å²) in [5.74, 6) is 0.754. The summed E-state index contributed by atoms with van der Waals surface area (Å²) in [6.07, 6.45) is 1.09. The Morgan fingerprint density at radius 1 is 1.07 bits per heavy atom. The lowest BCUT2D eigenvalue weighted by molar-refractivity contribution is 0.773. The number of rotatable bonds is 4. The molecule has 0 radical (unpaired) electrons. The third-order valence-electron chi connectivity index (χ3n) is 2.64. The summed E-state index contributed by atoms with van der Waals surface area (Å²) in [6, 6.07) is 4.57. The molecule has 0 fully saturated rings. The van der Waals surface area contributed by atoms with Crippen molar-refractivity contribution in [3.8, 4) is 0 Å². The van der Waals surface area contributed by atoms with Gasteiger partial charge in [0.1, 0.15) is 0 Å². The molecule has 0 aliphatic rings. The second kappa shape index (κ2) is 5.42. The molecule has 0 aliphatic heterocycles. The number of aryl methyl sites for hydroxylation is 3. The van der Waals surface area contributed by atoms with E-state index in [2.05, 4.69) is 50.8 Å². The number of hydrogen-bond acceptors (Lipinski definition) is 2. The summed E-state index contributed by atoms with van der Waals surface area (Å²) in [6.45, 7) is 7.53. The van der Waals surface area contributed by atoms with Crippen molar-refractivity contribution in [3.63, 3.8) is 0 Å². The van der Waals surface area contributed by atoms with Crippen LogP contribution in [0.3, 0.4) is 0 Å². The Kier molecular flexibility index (Phi) is 4.49. The maximum Gasteiger partial charge on any atom is 0.0387 e. The van der Waals surface area contributed by atoms with Gasteiger partial charge in [-0.1, -0.05) is 12.1 Å². The van der Waals surface area contributed by atoms with Crippen LogP contribution < -0.4 is 5.32 Å². The monoisotopic (exact) mass is 209 g/mol. The van der Waals surface area contributed by atoms with E-state index >= 15 is 0 Å². The summed E-state index contributed by atoms with van der Waals surface area (Å²) < 4.78 is 0. The van der Waals surface area contributed by atoms with Gasteiger partial charge in [0, 0.05) is 5.88 Å². The molecule has 14 heavy (non-hydrogen) atoms. The van der Waals surface area contributed by atoms with E-state index in [0.717, 1.165) is 18.8 Å². The Hall–Kier alpha value is -0.470. The van der Waals surface area contributed by atoms with Crippen LogP contribution in [0.25, 0.3) is 0 Å². The van der Waals surface area contributed by atoms with Crippen LogP contribution in [-0.2, 0) is 6.42 Å². The van der Waals surface area contributed by atoms with E-state index in [1.54, 1.807) is 0 Å². The Morgan fingerprint density at radius 3 is 2.36 bits per heavy atom. The van der Waals surface area contributed by atoms with Gasteiger partial charge in [-0.3, -0.25) is 0 Å². The Bertz CT molecular complexity index is 307. The van der Waals surface area contributed by atoms with E-state index in [1.807, 2.05) is 0 Å². The van der Waals surface area contributed by atoms with Crippen molar-refractivity contribution in [3.05, 3.63) is 34.4 Å². The van der Waals surface area contributed by atoms with Gasteiger partial charge in [-0.05, 0) is 56.0 Å². The summed E-state index contributed by atoms with van der Waals surface area (Å²) >= 11 is 4.12. The summed E-state index contributed by atoms with van der Waals surface area (Å²) in [5.41, 5.74) is 5.61. The normalized spacial score (nSPS) is 10.6. The average Bonchev–Trinajstić information content (AvgIpc) is 2.14. The lowest BCUT2D eigenvalue weighted by Gasteiger charge is -2.09. The number of nitrogens with one attached hydrogen (secondary N) is 1. The molecule has 1 aromatic carbocycles. The van der Waals surface area contributed by atoms with E-state index in [9.17, 15) is 0 Å². The highest BCUT2D eigenvalue weighted by molar-refractivity contribution is 7.80. The van der Waals surface area contributed by atoms with Crippen molar-refractivity contribution in [2.75, 3.05) is 12.4 Å². The second-order valence-electron chi connectivity index (χ2n) is 3.77. The van der Waals surface area contributed by atoms with E-state index in [1.165, 1.54) is 22.3 Å². The van der Waals surface area contributed by atoms with Crippen molar-refractivity contribution in [1.29, 1.82) is 0 Å². The van der Waals surface area contributed by atoms with Crippen LogP contribution in [0.2, 0.25) is 0 Å². The number of benzene rings is 1. The first-order chi connectivity index (χ1) is 6.65. The Morgan fingerprint density at radius 2 is 1.71 bits per heavy atom. The van der Waals surface area contributed by atoms with Crippen LogP contribution in [0, 0.1) is 20.8 Å². The average molecular weight is 209 g/mol. The van der Waals surface area contributed by atoms with Crippen LogP contribution in [0.1, 0.15) is 22.3 Å². The zero-order valence-corrected chi connectivity index (χ0v) is 10.1. The second-order valence-corrected chi connectivity index (χ2v) is 4.09. The first kappa shape index (κ1) is 11.6. The van der Waals surface area contributed by atoms with Gasteiger partial charge in [0.25, 0.3) is 0 Å². The fourth-order valence-corrected chi connectivity index (χ4v) is 1.75. The number of hydrogen-bond donors (Lipinski definition) is 2. The van der Waals surface area contributed by atoms with Gasteiger partial charge in [-0.15, -0.1) is 0 Å². The highest BCUT2D eigenvalue weighted by Gasteiger charge is 2.00. The van der Waals surface area contributed by atoms with Gasteiger partial charge < -0.3 is 5.32 Å². The molecule has 0 unspecified atom stereocenters. The highest BCUT2D eigenvalue weighted by Crippen LogP contribution is 2.15. The fourth-order valence-electron chi connectivity index (χ4n) is 1.59. The van der Waals surface area contributed by atoms with Crippen LogP contribution in [0.5, 0.6) is 0 Å². The lowest BCUT2D eigenvalue weighted by atomic mass is 9.99. The molecule has 1 aromatic rings. The van der Waals surface area contributed by atoms with Crippen LogP contribution >= 0.6 is 12.6 Å². The zero-order chi connectivity index (χ0) is 10.6. The van der Waals surface area contributed by atoms with E-state index in [0.29, 0.717) is 0 Å². The molecule has 1 rings (SSSR count). The molecule has 78 valence electrons. The summed E-state index contributed by atoms with van der Waals surface area (Å²) in [4.78, 5) is 0. The van der Waals surface area contributed by atoms with Gasteiger partial charge in [0.05, 0.1) is 0 Å². The van der Waals surface area contributed by atoms with Crippen LogP contribution in [0.15, 0.2) is 12.1 Å². The van der Waals surface area contributed by atoms with Crippen molar-refractivity contribution in [2.24, 2.45) is 0 Å². The molecule has 0 bridgehead atoms. The Labute approximate surface area is 92.3 Å². The topological polar surface area (TPSA) is 12.0 Å². The minimum Gasteiger partial charge on any atom is -0.308 e. The van der Waals surface area contributed by atoms with Crippen molar-refractivity contribution < 1.29 is 0 Å². The zero-order valence-electron chi connectivity index (χ0n) is 9.22. The van der Waals surface area contributed by atoms with Crippen molar-refractivity contribution >= 4 is 12.6 Å². The highest BCUT2D eigenvalue weighted by atomic mass is 32.1. The molecule has 0 spiro atoms. The maximum atomic E-state index is 4.12. The van der Waals surface area contributed by atoms with Crippen LogP contribution in [-0.4, -0.2) is 12.4 Å². The largest absolute Gasteiger partial charge is 0.308 e. The summed E-state index contributed by atoms with van der Waals surface area (Å²) in [7, 11) is 0. The molecule has 0 amide bonds. The fraction of sp³-hybridized carbons (Fsp3) is 0.500. The lowest BCUT2D eigenvalue weighted by Crippen LogP contribution is -2.15. The third kappa shape index (κ3) is 3.03. The minimum absolute atomic E-state index is 0.754. The first-order valence-electron chi connectivity index (χ1n) is 5.03. The van der Waals surface area contributed by atoms with E-state index < -0.39 is 0 Å².